The quantitative estimate of drug-likeness (QED) is 0.742. The van der Waals surface area contributed by atoms with Crippen LogP contribution in [-0.2, 0) is 11.3 Å². The fourth-order valence-electron chi connectivity index (χ4n) is 1.25. The molecule has 0 bridgehead atoms. The summed E-state index contributed by atoms with van der Waals surface area (Å²) in [4.78, 5) is 10.3. The van der Waals surface area contributed by atoms with Crippen LogP contribution in [0.3, 0.4) is 0 Å². The maximum Gasteiger partial charge on any atom is 0.305 e. The van der Waals surface area contributed by atoms with Crippen LogP contribution in [0, 0.1) is 13.8 Å². The van der Waals surface area contributed by atoms with Crippen LogP contribution in [0.1, 0.15) is 17.7 Å². The van der Waals surface area contributed by atoms with Crippen LogP contribution >= 0.6 is 0 Å². The van der Waals surface area contributed by atoms with Crippen LogP contribution in [0.5, 0.6) is 0 Å². The lowest BCUT2D eigenvalue weighted by Gasteiger charge is -2.01. The average Bonchev–Trinajstić information content (AvgIpc) is 2.26. The lowest BCUT2D eigenvalue weighted by Crippen LogP contribution is -2.04. The summed E-state index contributed by atoms with van der Waals surface area (Å²) >= 11 is 0. The Morgan fingerprint density at radius 3 is 2.67 bits per heavy atom. The highest BCUT2D eigenvalue weighted by Crippen LogP contribution is 2.06. The van der Waals surface area contributed by atoms with Crippen LogP contribution in [0.4, 0.5) is 0 Å². The molecule has 3 heteroatoms. The monoisotopic (exact) mass is 167 g/mol. The molecule has 1 N–H and O–H groups in total. The molecule has 0 amide bonds. The SMILES string of the molecule is Cc1cc(C)n(CCC(=O)O)c1. The number of hydrogen-bond acceptors (Lipinski definition) is 1. The molecule has 0 atom stereocenters. The number of aliphatic carboxylic acids is 1. The maximum atomic E-state index is 10.3. The van der Waals surface area contributed by atoms with Gasteiger partial charge < -0.3 is 9.67 Å². The Kier molecular flexibility index (Phi) is 2.53. The molecule has 0 aromatic carbocycles. The van der Waals surface area contributed by atoms with E-state index in [9.17, 15) is 4.79 Å². The van der Waals surface area contributed by atoms with Crippen molar-refractivity contribution < 1.29 is 9.90 Å². The third-order valence-corrected chi connectivity index (χ3v) is 1.82. The van der Waals surface area contributed by atoms with Gasteiger partial charge in [0.05, 0.1) is 6.42 Å². The van der Waals surface area contributed by atoms with E-state index < -0.39 is 5.97 Å². The minimum absolute atomic E-state index is 0.189. The summed E-state index contributed by atoms with van der Waals surface area (Å²) < 4.78 is 1.96. The highest BCUT2D eigenvalue weighted by molar-refractivity contribution is 5.66. The Morgan fingerprint density at radius 2 is 2.25 bits per heavy atom. The molecular formula is C9H13NO2. The van der Waals surface area contributed by atoms with Crippen LogP contribution in [-0.4, -0.2) is 15.6 Å². The van der Waals surface area contributed by atoms with Gasteiger partial charge in [0, 0.05) is 18.4 Å². The molecule has 0 radical (unpaired) electrons. The Hall–Kier alpha value is -1.25. The van der Waals surface area contributed by atoms with E-state index in [2.05, 4.69) is 0 Å². The summed E-state index contributed by atoms with van der Waals surface area (Å²) in [5, 5.41) is 8.46. The summed E-state index contributed by atoms with van der Waals surface area (Å²) in [6.45, 7) is 4.55. The molecule has 1 aromatic heterocycles. The van der Waals surface area contributed by atoms with Gasteiger partial charge in [0.25, 0.3) is 0 Å². The van der Waals surface area contributed by atoms with Crippen molar-refractivity contribution in [3.63, 3.8) is 0 Å². The van der Waals surface area contributed by atoms with Gasteiger partial charge in [0.15, 0.2) is 0 Å². The van der Waals surface area contributed by atoms with Gasteiger partial charge in [-0.1, -0.05) is 0 Å². The predicted molar refractivity (Wildman–Crippen MR) is 46.2 cm³/mol. The van der Waals surface area contributed by atoms with Gasteiger partial charge in [-0.15, -0.1) is 0 Å². The van der Waals surface area contributed by atoms with E-state index in [1.54, 1.807) is 0 Å². The molecule has 0 saturated carbocycles. The molecule has 12 heavy (non-hydrogen) atoms. The van der Waals surface area contributed by atoms with Crippen LogP contribution < -0.4 is 0 Å². The van der Waals surface area contributed by atoms with Crippen molar-refractivity contribution in [3.05, 3.63) is 23.5 Å². The van der Waals surface area contributed by atoms with E-state index in [1.165, 1.54) is 5.56 Å². The number of rotatable bonds is 3. The molecule has 1 aromatic rings. The van der Waals surface area contributed by atoms with Gasteiger partial charge in [0.2, 0.25) is 0 Å². The molecule has 66 valence electrons. The Morgan fingerprint density at radius 1 is 1.58 bits per heavy atom. The molecule has 0 saturated heterocycles. The minimum atomic E-state index is -0.749. The van der Waals surface area contributed by atoms with Gasteiger partial charge >= 0.3 is 5.97 Å². The first-order valence-electron chi connectivity index (χ1n) is 3.95. The van der Waals surface area contributed by atoms with E-state index in [0.717, 1.165) is 5.69 Å². The molecule has 3 nitrogen and oxygen atoms in total. The highest BCUT2D eigenvalue weighted by atomic mass is 16.4. The largest absolute Gasteiger partial charge is 0.481 e. The summed E-state index contributed by atoms with van der Waals surface area (Å²) in [5.41, 5.74) is 2.30. The van der Waals surface area contributed by atoms with Crippen molar-refractivity contribution in [1.82, 2.24) is 4.57 Å². The topological polar surface area (TPSA) is 42.2 Å². The number of hydrogen-bond donors (Lipinski definition) is 1. The molecule has 0 unspecified atom stereocenters. The van der Waals surface area contributed by atoms with Crippen LogP contribution in [0.2, 0.25) is 0 Å². The third kappa shape index (κ3) is 2.12. The number of carboxylic acid groups (broad SMARTS) is 1. The van der Waals surface area contributed by atoms with E-state index in [4.69, 9.17) is 5.11 Å². The lowest BCUT2D eigenvalue weighted by molar-refractivity contribution is -0.137. The normalized spacial score (nSPS) is 10.2. The van der Waals surface area contributed by atoms with Crippen molar-refractivity contribution in [3.8, 4) is 0 Å². The Labute approximate surface area is 71.6 Å². The lowest BCUT2D eigenvalue weighted by atomic mass is 10.3. The predicted octanol–water partition coefficient (Wildman–Crippen LogP) is 1.58. The zero-order valence-corrected chi connectivity index (χ0v) is 7.37. The van der Waals surface area contributed by atoms with E-state index in [-0.39, 0.29) is 6.42 Å². The molecule has 0 fully saturated rings. The molecule has 1 rings (SSSR count). The fourth-order valence-corrected chi connectivity index (χ4v) is 1.25. The fraction of sp³-hybridized carbons (Fsp3) is 0.444. The molecule has 0 aliphatic heterocycles. The van der Waals surface area contributed by atoms with E-state index in [0.29, 0.717) is 6.54 Å². The van der Waals surface area contributed by atoms with E-state index in [1.807, 2.05) is 30.7 Å². The number of carboxylic acids is 1. The second-order valence-corrected chi connectivity index (χ2v) is 3.00. The first-order valence-corrected chi connectivity index (χ1v) is 3.95. The molecule has 1 heterocycles. The third-order valence-electron chi connectivity index (χ3n) is 1.82. The Bertz CT molecular complexity index is 289. The van der Waals surface area contributed by atoms with Gasteiger partial charge in [-0.2, -0.15) is 0 Å². The molecule has 0 aliphatic rings. The van der Waals surface area contributed by atoms with Gasteiger partial charge in [-0.25, -0.2) is 0 Å². The highest BCUT2D eigenvalue weighted by Gasteiger charge is 2.01. The molecular weight excluding hydrogens is 154 g/mol. The summed E-state index contributed by atoms with van der Waals surface area (Å²) in [7, 11) is 0. The van der Waals surface area contributed by atoms with Crippen LogP contribution in [0.15, 0.2) is 12.3 Å². The van der Waals surface area contributed by atoms with Crippen molar-refractivity contribution in [2.24, 2.45) is 0 Å². The minimum Gasteiger partial charge on any atom is -0.481 e. The molecule has 0 spiro atoms. The number of aromatic nitrogens is 1. The smallest absolute Gasteiger partial charge is 0.305 e. The zero-order chi connectivity index (χ0) is 9.14. The summed E-state index contributed by atoms with van der Waals surface area (Å²) in [6.07, 6.45) is 2.16. The summed E-state index contributed by atoms with van der Waals surface area (Å²) in [5.74, 6) is -0.749. The van der Waals surface area contributed by atoms with Crippen molar-refractivity contribution >= 4 is 5.97 Å². The van der Waals surface area contributed by atoms with E-state index >= 15 is 0 Å². The molecule has 0 aliphatic carbocycles. The first kappa shape index (κ1) is 8.84. The standard InChI is InChI=1S/C9H13NO2/c1-7-5-8(2)10(6-7)4-3-9(11)12/h5-6H,3-4H2,1-2H3,(H,11,12). The number of nitrogens with zero attached hydrogens (tertiary/aromatic N) is 1. The van der Waals surface area contributed by atoms with Crippen LogP contribution in [0.25, 0.3) is 0 Å². The van der Waals surface area contributed by atoms with Crippen molar-refractivity contribution in [1.29, 1.82) is 0 Å². The second-order valence-electron chi connectivity index (χ2n) is 3.00. The van der Waals surface area contributed by atoms with Crippen molar-refractivity contribution in [2.45, 2.75) is 26.8 Å². The zero-order valence-electron chi connectivity index (χ0n) is 7.37. The maximum absolute atomic E-state index is 10.3. The summed E-state index contributed by atoms with van der Waals surface area (Å²) in [6, 6.07) is 2.04. The first-order chi connectivity index (χ1) is 5.59. The second kappa shape index (κ2) is 3.43. The van der Waals surface area contributed by atoms with Gasteiger partial charge in [0.1, 0.15) is 0 Å². The van der Waals surface area contributed by atoms with Gasteiger partial charge in [-0.3, -0.25) is 4.79 Å². The number of aryl methyl sites for hydroxylation is 3. The average molecular weight is 167 g/mol. The van der Waals surface area contributed by atoms with Crippen molar-refractivity contribution in [2.75, 3.05) is 0 Å². The Balaban J connectivity index is 2.62. The number of carbonyl (C=O) groups is 1. The van der Waals surface area contributed by atoms with Gasteiger partial charge in [-0.05, 0) is 25.5 Å².